The third kappa shape index (κ3) is 1.56. The molecule has 0 aromatic heterocycles. The lowest BCUT2D eigenvalue weighted by Gasteiger charge is -2.38. The summed E-state index contributed by atoms with van der Waals surface area (Å²) in [5.74, 6) is 0. The number of hydrogen-bond donors (Lipinski definition) is 1. The third-order valence-corrected chi connectivity index (χ3v) is 10.9. The molecule has 0 amide bonds. The van der Waals surface area contributed by atoms with Crippen molar-refractivity contribution < 1.29 is 0 Å². The second-order valence-corrected chi connectivity index (χ2v) is 10.7. The molecule has 2 heterocycles. The standard InChI is InChI=1S/C24H17NSi/c1-5-13-21-17(9-1)18-10-2-6-14-22(18)26(21)23-15-7-3-11-19(23)25-20-12-4-8-16-24(20)26/h1-16,25H. The van der Waals surface area contributed by atoms with E-state index in [0.717, 1.165) is 0 Å². The molecule has 1 spiro atoms. The maximum atomic E-state index is 3.69. The lowest BCUT2D eigenvalue weighted by atomic mass is 10.1. The molecule has 4 aromatic carbocycles. The summed E-state index contributed by atoms with van der Waals surface area (Å²) >= 11 is 0. The Morgan fingerprint density at radius 2 is 0.808 bits per heavy atom. The number of rotatable bonds is 0. The van der Waals surface area contributed by atoms with Crippen molar-refractivity contribution in [1.82, 2.24) is 0 Å². The summed E-state index contributed by atoms with van der Waals surface area (Å²) in [5.41, 5.74) is 5.32. The topological polar surface area (TPSA) is 12.0 Å². The van der Waals surface area contributed by atoms with E-state index < -0.39 is 8.07 Å². The second-order valence-electron chi connectivity index (χ2n) is 7.06. The van der Waals surface area contributed by atoms with E-state index in [0.29, 0.717) is 0 Å². The molecule has 0 unspecified atom stereocenters. The highest BCUT2D eigenvalue weighted by Gasteiger charge is 2.52. The predicted molar refractivity (Wildman–Crippen MR) is 112 cm³/mol. The summed E-state index contributed by atoms with van der Waals surface area (Å²) in [5, 5.41) is 9.66. The van der Waals surface area contributed by atoms with Gasteiger partial charge >= 0.3 is 0 Å². The number of nitrogens with one attached hydrogen (secondary N) is 1. The van der Waals surface area contributed by atoms with Crippen LogP contribution in [0.4, 0.5) is 11.4 Å². The minimum atomic E-state index is -2.26. The van der Waals surface area contributed by atoms with Gasteiger partial charge in [0, 0.05) is 11.4 Å². The Labute approximate surface area is 154 Å². The van der Waals surface area contributed by atoms with Crippen molar-refractivity contribution in [3.8, 4) is 11.1 Å². The minimum absolute atomic E-state index is 1.25. The largest absolute Gasteiger partial charge is 0.356 e. The molecule has 0 atom stereocenters. The maximum absolute atomic E-state index is 3.69. The van der Waals surface area contributed by atoms with Crippen LogP contribution >= 0.6 is 0 Å². The lowest BCUT2D eigenvalue weighted by molar-refractivity contribution is 1.55. The summed E-state index contributed by atoms with van der Waals surface area (Å²) in [6, 6.07) is 35.8. The number of para-hydroxylation sites is 2. The second kappa shape index (κ2) is 4.96. The lowest BCUT2D eigenvalue weighted by Crippen LogP contribution is -2.74. The van der Waals surface area contributed by atoms with Crippen LogP contribution in [-0.4, -0.2) is 8.07 Å². The minimum Gasteiger partial charge on any atom is -0.356 e. The van der Waals surface area contributed by atoms with Crippen LogP contribution in [0.15, 0.2) is 97.1 Å². The van der Waals surface area contributed by atoms with Crippen molar-refractivity contribution in [3.05, 3.63) is 97.1 Å². The van der Waals surface area contributed by atoms with Crippen LogP contribution in [0.1, 0.15) is 0 Å². The summed E-state index contributed by atoms with van der Waals surface area (Å²) in [6.45, 7) is 0. The van der Waals surface area contributed by atoms with Gasteiger partial charge in [-0.3, -0.25) is 0 Å². The molecule has 0 radical (unpaired) electrons. The Morgan fingerprint density at radius 1 is 0.423 bits per heavy atom. The van der Waals surface area contributed by atoms with E-state index in [-0.39, 0.29) is 0 Å². The monoisotopic (exact) mass is 347 g/mol. The molecule has 4 aromatic rings. The number of fused-ring (bicyclic) bond motifs is 9. The summed E-state index contributed by atoms with van der Waals surface area (Å²) in [6.07, 6.45) is 0. The van der Waals surface area contributed by atoms with E-state index in [2.05, 4.69) is 102 Å². The molecule has 1 nitrogen and oxygen atoms in total. The van der Waals surface area contributed by atoms with Crippen LogP contribution in [0.25, 0.3) is 11.1 Å². The van der Waals surface area contributed by atoms with Crippen molar-refractivity contribution in [2.24, 2.45) is 0 Å². The third-order valence-electron chi connectivity index (χ3n) is 5.88. The van der Waals surface area contributed by atoms with Crippen molar-refractivity contribution in [3.63, 3.8) is 0 Å². The molecule has 2 aliphatic heterocycles. The molecular formula is C24H17NSi. The fourth-order valence-corrected chi connectivity index (χ4v) is 10.4. The van der Waals surface area contributed by atoms with E-state index in [1.54, 1.807) is 0 Å². The Bertz CT molecular complexity index is 1080. The molecule has 0 saturated heterocycles. The Kier molecular flexibility index (Phi) is 2.69. The molecule has 2 aliphatic rings. The van der Waals surface area contributed by atoms with Crippen molar-refractivity contribution >= 4 is 40.2 Å². The summed E-state index contributed by atoms with van der Waals surface area (Å²) in [7, 11) is -2.26. The number of hydrogen-bond acceptors (Lipinski definition) is 1. The zero-order valence-corrected chi connectivity index (χ0v) is 15.2. The molecule has 122 valence electrons. The normalized spacial score (nSPS) is 14.8. The number of benzene rings is 4. The van der Waals surface area contributed by atoms with Gasteiger partial charge in [0.2, 0.25) is 0 Å². The van der Waals surface area contributed by atoms with E-state index >= 15 is 0 Å². The SMILES string of the molecule is c1ccc2c(c1)Nc1ccccc1[Si]21c2ccccc2-c2ccccc21. The van der Waals surface area contributed by atoms with E-state index in [1.807, 2.05) is 0 Å². The van der Waals surface area contributed by atoms with Crippen LogP contribution < -0.4 is 26.1 Å². The average Bonchev–Trinajstić information content (AvgIpc) is 3.00. The van der Waals surface area contributed by atoms with Crippen molar-refractivity contribution in [2.45, 2.75) is 0 Å². The van der Waals surface area contributed by atoms with Crippen LogP contribution in [0.3, 0.4) is 0 Å². The van der Waals surface area contributed by atoms with Gasteiger partial charge in [-0.2, -0.15) is 0 Å². The van der Waals surface area contributed by atoms with Gasteiger partial charge in [0.15, 0.2) is 8.07 Å². The van der Waals surface area contributed by atoms with Gasteiger partial charge in [-0.25, -0.2) is 0 Å². The Morgan fingerprint density at radius 3 is 1.31 bits per heavy atom. The van der Waals surface area contributed by atoms with Gasteiger partial charge in [-0.05, 0) is 44.0 Å². The fourth-order valence-electron chi connectivity index (χ4n) is 4.94. The quantitative estimate of drug-likeness (QED) is 0.416. The van der Waals surface area contributed by atoms with Crippen molar-refractivity contribution in [2.75, 3.05) is 5.32 Å². The van der Waals surface area contributed by atoms with Gasteiger partial charge < -0.3 is 5.32 Å². The first-order valence-electron chi connectivity index (χ1n) is 9.06. The van der Waals surface area contributed by atoms with Crippen molar-refractivity contribution in [1.29, 1.82) is 0 Å². The molecule has 2 heteroatoms. The molecule has 0 saturated carbocycles. The number of anilines is 2. The molecular weight excluding hydrogens is 330 g/mol. The molecule has 6 rings (SSSR count). The van der Waals surface area contributed by atoms with Crippen LogP contribution in [0, 0.1) is 0 Å². The van der Waals surface area contributed by atoms with Gasteiger partial charge in [0.25, 0.3) is 0 Å². The predicted octanol–water partition coefficient (Wildman–Crippen LogP) is 3.10. The first-order valence-corrected chi connectivity index (χ1v) is 11.1. The van der Waals surface area contributed by atoms with Crippen LogP contribution in [0.5, 0.6) is 0 Å². The smallest absolute Gasteiger partial charge is 0.185 e. The molecule has 0 aliphatic carbocycles. The fraction of sp³-hybridized carbons (Fsp3) is 0. The average molecular weight is 347 g/mol. The van der Waals surface area contributed by atoms with E-state index in [4.69, 9.17) is 0 Å². The van der Waals surface area contributed by atoms with Gasteiger partial charge in [-0.1, -0.05) is 84.9 Å². The van der Waals surface area contributed by atoms with Gasteiger partial charge in [0.1, 0.15) is 0 Å². The van der Waals surface area contributed by atoms with Crippen LogP contribution in [-0.2, 0) is 0 Å². The summed E-state index contributed by atoms with van der Waals surface area (Å²) in [4.78, 5) is 0. The zero-order valence-electron chi connectivity index (χ0n) is 14.2. The van der Waals surface area contributed by atoms with Gasteiger partial charge in [-0.15, -0.1) is 0 Å². The van der Waals surface area contributed by atoms with E-state index in [1.165, 1.54) is 43.2 Å². The molecule has 0 fully saturated rings. The Balaban J connectivity index is 1.87. The van der Waals surface area contributed by atoms with Crippen LogP contribution in [0.2, 0.25) is 0 Å². The molecule has 0 bridgehead atoms. The Hall–Kier alpha value is -3.10. The highest BCUT2D eigenvalue weighted by Crippen LogP contribution is 2.33. The summed E-state index contributed by atoms with van der Waals surface area (Å²) < 4.78 is 0. The first-order chi connectivity index (χ1) is 12.9. The first kappa shape index (κ1) is 14.1. The molecule has 1 N–H and O–H groups in total. The maximum Gasteiger partial charge on any atom is 0.185 e. The van der Waals surface area contributed by atoms with E-state index in [9.17, 15) is 0 Å². The highest BCUT2D eigenvalue weighted by atomic mass is 28.3. The molecule has 26 heavy (non-hydrogen) atoms. The zero-order chi connectivity index (χ0) is 17.1. The van der Waals surface area contributed by atoms with Gasteiger partial charge in [0.05, 0.1) is 0 Å². The highest BCUT2D eigenvalue weighted by molar-refractivity contribution is 7.23.